The first kappa shape index (κ1) is 16.5. The summed E-state index contributed by atoms with van der Waals surface area (Å²) in [4.78, 5) is 7.96. The van der Waals surface area contributed by atoms with Gasteiger partial charge in [0, 0.05) is 11.8 Å². The number of anilines is 1. The quantitative estimate of drug-likeness (QED) is 0.284. The average Bonchev–Trinajstić information content (AvgIpc) is 3.04. The van der Waals surface area contributed by atoms with Crippen molar-refractivity contribution >= 4 is 23.1 Å². The molecule has 0 spiro atoms. The highest BCUT2D eigenvalue weighted by Crippen LogP contribution is 2.43. The zero-order valence-electron chi connectivity index (χ0n) is 12.7. The third-order valence-electron chi connectivity index (χ3n) is 4.11. The maximum absolute atomic E-state index is 15.0. The number of aliphatic hydroxyl groups excluding tert-OH is 2. The molecule has 1 saturated heterocycles. The molecule has 0 saturated carbocycles. The molecular weight excluding hydrogens is 323 g/mol. The van der Waals surface area contributed by atoms with Crippen LogP contribution in [0.25, 0.3) is 11.0 Å². The molecule has 0 amide bonds. The molecular formula is C13H17FN6O4. The number of nitrogens with two attached hydrogens (primary N) is 1. The van der Waals surface area contributed by atoms with Gasteiger partial charge in [-0.15, -0.1) is 0 Å². The Morgan fingerprint density at radius 2 is 2.33 bits per heavy atom. The molecule has 0 radical (unpaired) electrons. The summed E-state index contributed by atoms with van der Waals surface area (Å²) in [5.41, 5.74) is 0.386. The van der Waals surface area contributed by atoms with E-state index in [9.17, 15) is 15.4 Å². The molecule has 2 unspecified atom stereocenters. The second kappa shape index (κ2) is 5.94. The summed E-state index contributed by atoms with van der Waals surface area (Å²) >= 11 is 0. The summed E-state index contributed by atoms with van der Waals surface area (Å²) in [6, 6.07) is 0. The number of ether oxygens (including phenoxy) is 1. The van der Waals surface area contributed by atoms with Gasteiger partial charge in [-0.1, -0.05) is 0 Å². The predicted molar refractivity (Wildman–Crippen MR) is 81.2 cm³/mol. The first-order valence-electron chi connectivity index (χ1n) is 7.07. The van der Waals surface area contributed by atoms with Crippen LogP contribution in [0.1, 0.15) is 18.7 Å². The maximum Gasteiger partial charge on any atom is 0.181 e. The minimum atomic E-state index is -2.19. The third kappa shape index (κ3) is 2.29. The summed E-state index contributed by atoms with van der Waals surface area (Å²) in [5, 5.41) is 32.3. The summed E-state index contributed by atoms with van der Waals surface area (Å²) in [5.74, 6) is 5.26. The Morgan fingerprint density at radius 1 is 1.58 bits per heavy atom. The Morgan fingerprint density at radius 3 is 2.92 bits per heavy atom. The number of alkyl halides is 1. The monoisotopic (exact) mass is 340 g/mol. The normalized spacial score (nSPS) is 30.5. The lowest BCUT2D eigenvalue weighted by Gasteiger charge is -2.25. The molecule has 0 aliphatic carbocycles. The Labute approximate surface area is 135 Å². The fraction of sp³-hybridized carbons (Fsp3) is 0.462. The van der Waals surface area contributed by atoms with Crippen molar-refractivity contribution in [2.75, 3.05) is 12.1 Å². The highest BCUT2D eigenvalue weighted by atomic mass is 19.1. The molecule has 24 heavy (non-hydrogen) atoms. The van der Waals surface area contributed by atoms with E-state index in [2.05, 4.69) is 15.1 Å². The van der Waals surface area contributed by atoms with Gasteiger partial charge < -0.3 is 25.4 Å². The van der Waals surface area contributed by atoms with Crippen LogP contribution in [0.4, 0.5) is 10.2 Å². The van der Waals surface area contributed by atoms with Gasteiger partial charge >= 0.3 is 0 Å². The lowest BCUT2D eigenvalue weighted by molar-refractivity contribution is -0.0564. The molecule has 1 aliphatic rings. The van der Waals surface area contributed by atoms with Crippen LogP contribution in [0.3, 0.4) is 0 Å². The smallest absolute Gasteiger partial charge is 0.181 e. The second-order valence-corrected chi connectivity index (χ2v) is 5.61. The predicted octanol–water partition coefficient (Wildman–Crippen LogP) is -0.496. The van der Waals surface area contributed by atoms with E-state index in [-0.39, 0.29) is 11.5 Å². The number of fused-ring (bicyclic) bond motifs is 1. The molecule has 3 heterocycles. The fourth-order valence-electron chi connectivity index (χ4n) is 2.92. The lowest BCUT2D eigenvalue weighted by Crippen LogP contribution is -2.40. The van der Waals surface area contributed by atoms with Gasteiger partial charge in [-0.25, -0.2) is 14.4 Å². The first-order chi connectivity index (χ1) is 11.5. The Bertz CT molecular complexity index is 779. The van der Waals surface area contributed by atoms with Crippen molar-refractivity contribution in [2.45, 2.75) is 31.0 Å². The van der Waals surface area contributed by atoms with Gasteiger partial charge in [0.2, 0.25) is 0 Å². The van der Waals surface area contributed by atoms with E-state index >= 15 is 4.39 Å². The molecule has 3 rings (SSSR count). The van der Waals surface area contributed by atoms with Gasteiger partial charge in [0.05, 0.1) is 18.2 Å². The largest absolute Gasteiger partial charge is 0.394 e. The number of hydrogen-bond acceptors (Lipinski definition) is 9. The second-order valence-electron chi connectivity index (χ2n) is 5.61. The van der Waals surface area contributed by atoms with Crippen molar-refractivity contribution in [1.82, 2.24) is 14.5 Å². The van der Waals surface area contributed by atoms with Crippen LogP contribution in [0.15, 0.2) is 17.6 Å². The maximum atomic E-state index is 15.0. The van der Waals surface area contributed by atoms with E-state index in [1.807, 2.05) is 5.48 Å². The van der Waals surface area contributed by atoms with Crippen LogP contribution < -0.4 is 11.3 Å². The molecule has 1 fully saturated rings. The molecule has 2 aromatic heterocycles. The molecule has 0 bridgehead atoms. The van der Waals surface area contributed by atoms with E-state index in [4.69, 9.17) is 10.6 Å². The number of aromatic nitrogens is 3. The molecule has 6 N–H and O–H groups in total. The molecule has 0 aromatic carbocycles. The Hall–Kier alpha value is -2.34. The van der Waals surface area contributed by atoms with Crippen LogP contribution in [0.5, 0.6) is 0 Å². The number of halogens is 1. The van der Waals surface area contributed by atoms with Gasteiger partial charge in [-0.2, -0.15) is 5.10 Å². The summed E-state index contributed by atoms with van der Waals surface area (Å²) in [7, 11) is 0. The van der Waals surface area contributed by atoms with E-state index in [1.165, 1.54) is 30.2 Å². The van der Waals surface area contributed by atoms with Crippen molar-refractivity contribution in [1.29, 1.82) is 0 Å². The Kier molecular flexibility index (Phi) is 4.09. The number of aliphatic hydroxyl groups is 2. The van der Waals surface area contributed by atoms with Crippen LogP contribution in [0.2, 0.25) is 0 Å². The minimum Gasteiger partial charge on any atom is -0.394 e. The van der Waals surface area contributed by atoms with E-state index < -0.39 is 30.7 Å². The topological polar surface area (TPSA) is 151 Å². The van der Waals surface area contributed by atoms with Gasteiger partial charge in [0.15, 0.2) is 17.7 Å². The highest BCUT2D eigenvalue weighted by Gasteiger charge is 2.55. The van der Waals surface area contributed by atoms with Crippen molar-refractivity contribution in [3.63, 3.8) is 0 Å². The standard InChI is InChI=1S/C13H17FN6O4/c1-13(14)9(22)7(4-21)24-12(13)20-3-6(2-18-15)8-10(19-23)16-5-17-11(8)20/h2-3,5,7,9,12,21-23H,4,15H2,1H3,(H,16,17,19)/b18-2+/t7?,9?,12-,13-/m1/s1. The molecule has 2 aromatic rings. The SMILES string of the molecule is C[C@@]1(F)C(O)C(CO)O[C@H]1n1cc(/C=N/N)c2c(NO)ncnc21. The molecule has 10 nitrogen and oxygen atoms in total. The van der Waals surface area contributed by atoms with E-state index in [0.717, 1.165) is 0 Å². The zero-order valence-corrected chi connectivity index (χ0v) is 12.7. The fourth-order valence-corrected chi connectivity index (χ4v) is 2.92. The number of hydrogen-bond donors (Lipinski definition) is 5. The van der Waals surface area contributed by atoms with E-state index in [0.29, 0.717) is 10.9 Å². The highest BCUT2D eigenvalue weighted by molar-refractivity contribution is 6.03. The zero-order chi connectivity index (χ0) is 17.5. The van der Waals surface area contributed by atoms with Gasteiger partial charge in [0.25, 0.3) is 0 Å². The van der Waals surface area contributed by atoms with Gasteiger partial charge in [0.1, 0.15) is 24.2 Å². The number of nitrogens with one attached hydrogen (secondary N) is 1. The summed E-state index contributed by atoms with van der Waals surface area (Å²) in [6.45, 7) is 0.638. The van der Waals surface area contributed by atoms with Gasteiger partial charge in [-0.3, -0.25) is 10.7 Å². The van der Waals surface area contributed by atoms with E-state index in [1.54, 1.807) is 0 Å². The molecule has 11 heteroatoms. The number of nitrogens with zero attached hydrogens (tertiary/aromatic N) is 4. The Balaban J connectivity index is 2.20. The molecule has 1 aliphatic heterocycles. The van der Waals surface area contributed by atoms with Crippen molar-refractivity contribution in [2.24, 2.45) is 10.9 Å². The number of rotatable bonds is 4. The van der Waals surface area contributed by atoms with Crippen molar-refractivity contribution in [3.8, 4) is 0 Å². The van der Waals surface area contributed by atoms with Crippen LogP contribution >= 0.6 is 0 Å². The summed E-state index contributed by atoms with van der Waals surface area (Å²) < 4.78 is 21.8. The van der Waals surface area contributed by atoms with Crippen LogP contribution in [-0.2, 0) is 4.74 Å². The molecule has 4 atom stereocenters. The first-order valence-corrected chi connectivity index (χ1v) is 7.07. The average molecular weight is 340 g/mol. The third-order valence-corrected chi connectivity index (χ3v) is 4.11. The van der Waals surface area contributed by atoms with Crippen molar-refractivity contribution in [3.05, 3.63) is 18.1 Å². The van der Waals surface area contributed by atoms with Gasteiger partial charge in [-0.05, 0) is 6.92 Å². The van der Waals surface area contributed by atoms with Crippen LogP contribution in [0, 0.1) is 0 Å². The molecule has 130 valence electrons. The summed E-state index contributed by atoms with van der Waals surface area (Å²) in [6.07, 6.45) is 0.0679. The lowest BCUT2D eigenvalue weighted by atomic mass is 9.98. The van der Waals surface area contributed by atoms with Crippen LogP contribution in [-0.4, -0.2) is 60.7 Å². The number of hydrazone groups is 1. The van der Waals surface area contributed by atoms with Crippen molar-refractivity contribution < 1.29 is 24.5 Å². The minimum absolute atomic E-state index is 0.0754.